The molecule has 0 aliphatic rings. The molecule has 0 saturated heterocycles. The van der Waals surface area contributed by atoms with Crippen molar-refractivity contribution in [3.63, 3.8) is 0 Å². The second kappa shape index (κ2) is 7.82. The van der Waals surface area contributed by atoms with Gasteiger partial charge in [-0.05, 0) is 43.2 Å². The van der Waals surface area contributed by atoms with Crippen molar-refractivity contribution in [2.75, 3.05) is 5.32 Å². The third kappa shape index (κ3) is 4.08. The van der Waals surface area contributed by atoms with Crippen molar-refractivity contribution in [1.29, 1.82) is 0 Å². The highest BCUT2D eigenvalue weighted by molar-refractivity contribution is 6.03. The van der Waals surface area contributed by atoms with E-state index in [9.17, 15) is 9.18 Å². The molecule has 0 saturated carbocycles. The number of carbonyl (C=O) groups excluding carboxylic acids is 1. The third-order valence-corrected chi connectivity index (χ3v) is 4.00. The predicted molar refractivity (Wildman–Crippen MR) is 95.7 cm³/mol. The van der Waals surface area contributed by atoms with Crippen LogP contribution in [0.25, 0.3) is 0 Å². The van der Waals surface area contributed by atoms with Gasteiger partial charge in [0.1, 0.15) is 23.9 Å². The van der Waals surface area contributed by atoms with Gasteiger partial charge in [0.2, 0.25) is 0 Å². The molecule has 0 aliphatic carbocycles. The fraction of sp³-hybridized carbons (Fsp3) is 0.200. The lowest BCUT2D eigenvalue weighted by Crippen LogP contribution is -2.15. The van der Waals surface area contributed by atoms with Crippen LogP contribution in [-0.4, -0.2) is 11.1 Å². The second-order valence-electron chi connectivity index (χ2n) is 5.82. The number of hydrogen-bond acceptors (Lipinski definition) is 4. The Morgan fingerprint density at radius 2 is 2.00 bits per heavy atom. The van der Waals surface area contributed by atoms with E-state index in [1.165, 1.54) is 17.7 Å². The number of aryl methyl sites for hydroxylation is 2. The van der Waals surface area contributed by atoms with Crippen LogP contribution in [0.3, 0.4) is 0 Å². The summed E-state index contributed by atoms with van der Waals surface area (Å²) in [6.07, 6.45) is 0.929. The van der Waals surface area contributed by atoms with Crippen LogP contribution in [0.2, 0.25) is 0 Å². The number of nitrogens with one attached hydrogen (secondary N) is 1. The Labute approximate surface area is 150 Å². The van der Waals surface area contributed by atoms with Crippen LogP contribution in [-0.2, 0) is 13.0 Å². The molecule has 0 spiro atoms. The highest BCUT2D eigenvalue weighted by atomic mass is 19.1. The summed E-state index contributed by atoms with van der Waals surface area (Å²) in [4.78, 5) is 12.5. The number of hydrogen-bond donors (Lipinski definition) is 1. The topological polar surface area (TPSA) is 64.4 Å². The maximum Gasteiger partial charge on any atom is 0.278 e. The van der Waals surface area contributed by atoms with Crippen LogP contribution < -0.4 is 10.1 Å². The van der Waals surface area contributed by atoms with Gasteiger partial charge in [0.15, 0.2) is 5.69 Å². The Morgan fingerprint density at radius 3 is 2.69 bits per heavy atom. The fourth-order valence-corrected chi connectivity index (χ4v) is 2.47. The molecule has 3 rings (SSSR count). The van der Waals surface area contributed by atoms with E-state index in [-0.39, 0.29) is 18.2 Å². The minimum Gasteiger partial charge on any atom is -0.489 e. The lowest BCUT2D eigenvalue weighted by molar-refractivity contribution is 0.101. The van der Waals surface area contributed by atoms with Gasteiger partial charge in [-0.15, -0.1) is 0 Å². The van der Waals surface area contributed by atoms with Crippen LogP contribution in [0.1, 0.15) is 34.3 Å². The van der Waals surface area contributed by atoms with Crippen LogP contribution in [0, 0.1) is 12.7 Å². The van der Waals surface area contributed by atoms with Crippen molar-refractivity contribution < 1.29 is 18.4 Å². The standard InChI is InChI=1S/C20H19FN2O3/c1-3-14-7-9-16(10-8-14)22-20(24)19-18(13(2)26-23-19)12-25-17-6-4-5-15(21)11-17/h4-11H,3,12H2,1-2H3,(H,22,24). The van der Waals surface area contributed by atoms with E-state index in [1.54, 1.807) is 19.1 Å². The summed E-state index contributed by atoms with van der Waals surface area (Å²) in [5, 5.41) is 6.63. The number of halogens is 1. The molecule has 0 atom stereocenters. The molecule has 0 aliphatic heterocycles. The molecule has 1 N–H and O–H groups in total. The molecule has 3 aromatic rings. The van der Waals surface area contributed by atoms with E-state index in [2.05, 4.69) is 17.4 Å². The minimum atomic E-state index is -0.391. The number of anilines is 1. The van der Waals surface area contributed by atoms with Crippen molar-refractivity contribution in [3.8, 4) is 5.75 Å². The molecule has 134 valence electrons. The van der Waals surface area contributed by atoms with E-state index >= 15 is 0 Å². The lowest BCUT2D eigenvalue weighted by atomic mass is 10.1. The zero-order valence-corrected chi connectivity index (χ0v) is 14.6. The van der Waals surface area contributed by atoms with Gasteiger partial charge in [-0.25, -0.2) is 4.39 Å². The predicted octanol–water partition coefficient (Wildman–Crippen LogP) is 4.52. The maximum absolute atomic E-state index is 13.2. The average Bonchev–Trinajstić information content (AvgIpc) is 3.01. The average molecular weight is 354 g/mol. The second-order valence-corrected chi connectivity index (χ2v) is 5.82. The highest BCUT2D eigenvalue weighted by Gasteiger charge is 2.20. The SMILES string of the molecule is CCc1ccc(NC(=O)c2noc(C)c2COc2cccc(F)c2)cc1. The summed E-state index contributed by atoms with van der Waals surface area (Å²) in [6, 6.07) is 13.4. The highest BCUT2D eigenvalue weighted by Crippen LogP contribution is 2.20. The van der Waals surface area contributed by atoms with Crippen molar-refractivity contribution in [3.05, 3.63) is 76.9 Å². The van der Waals surface area contributed by atoms with E-state index in [1.807, 2.05) is 24.3 Å². The molecule has 0 radical (unpaired) electrons. The largest absolute Gasteiger partial charge is 0.489 e. The first kappa shape index (κ1) is 17.7. The van der Waals surface area contributed by atoms with Gasteiger partial charge < -0.3 is 14.6 Å². The first-order chi connectivity index (χ1) is 12.6. The number of benzene rings is 2. The molecular weight excluding hydrogens is 335 g/mol. The van der Waals surface area contributed by atoms with Crippen molar-refractivity contribution in [2.24, 2.45) is 0 Å². The summed E-state index contributed by atoms with van der Waals surface area (Å²) >= 11 is 0. The van der Waals surface area contributed by atoms with E-state index in [0.29, 0.717) is 22.8 Å². The Hall–Kier alpha value is -3.15. The van der Waals surface area contributed by atoms with E-state index in [4.69, 9.17) is 9.26 Å². The summed E-state index contributed by atoms with van der Waals surface area (Å²) in [5.74, 6) is 0.0713. The molecule has 1 amide bonds. The van der Waals surface area contributed by atoms with Crippen LogP contribution in [0.4, 0.5) is 10.1 Å². The quantitative estimate of drug-likeness (QED) is 0.707. The van der Waals surface area contributed by atoms with Gasteiger partial charge in [0.25, 0.3) is 5.91 Å². The fourth-order valence-electron chi connectivity index (χ4n) is 2.47. The Bertz CT molecular complexity index is 904. The Balaban J connectivity index is 1.72. The van der Waals surface area contributed by atoms with Crippen molar-refractivity contribution >= 4 is 11.6 Å². The number of rotatable bonds is 6. The van der Waals surface area contributed by atoms with E-state index < -0.39 is 5.82 Å². The molecule has 0 fully saturated rings. The zero-order valence-electron chi connectivity index (χ0n) is 14.6. The summed E-state index contributed by atoms with van der Waals surface area (Å²) < 4.78 is 23.9. The maximum atomic E-state index is 13.2. The third-order valence-electron chi connectivity index (χ3n) is 4.00. The van der Waals surface area contributed by atoms with Gasteiger partial charge >= 0.3 is 0 Å². The molecule has 1 aromatic heterocycles. The van der Waals surface area contributed by atoms with Crippen LogP contribution in [0.5, 0.6) is 5.75 Å². The molecule has 0 bridgehead atoms. The van der Waals surface area contributed by atoms with Gasteiger partial charge in [-0.2, -0.15) is 0 Å². The van der Waals surface area contributed by atoms with Crippen molar-refractivity contribution in [2.45, 2.75) is 26.9 Å². The normalized spacial score (nSPS) is 10.6. The molecule has 2 aromatic carbocycles. The molecular formula is C20H19FN2O3. The van der Waals surface area contributed by atoms with Gasteiger partial charge in [-0.1, -0.05) is 30.3 Å². The number of ether oxygens (including phenoxy) is 1. The summed E-state index contributed by atoms with van der Waals surface area (Å²) in [6.45, 7) is 3.82. The molecule has 0 unspecified atom stereocenters. The van der Waals surface area contributed by atoms with E-state index in [0.717, 1.165) is 6.42 Å². The minimum absolute atomic E-state index is 0.0519. The molecule has 5 nitrogen and oxygen atoms in total. The molecule has 1 heterocycles. The summed E-state index contributed by atoms with van der Waals surface area (Å²) in [5.41, 5.74) is 2.53. The first-order valence-electron chi connectivity index (χ1n) is 8.30. The lowest BCUT2D eigenvalue weighted by Gasteiger charge is -2.08. The summed E-state index contributed by atoms with van der Waals surface area (Å²) in [7, 11) is 0. The van der Waals surface area contributed by atoms with Gasteiger partial charge in [-0.3, -0.25) is 4.79 Å². The monoisotopic (exact) mass is 354 g/mol. The first-order valence-corrected chi connectivity index (χ1v) is 8.30. The number of nitrogens with zero attached hydrogens (tertiary/aromatic N) is 1. The van der Waals surface area contributed by atoms with Gasteiger partial charge in [0, 0.05) is 11.8 Å². The number of carbonyl (C=O) groups is 1. The Kier molecular flexibility index (Phi) is 5.31. The van der Waals surface area contributed by atoms with Crippen LogP contribution >= 0.6 is 0 Å². The Morgan fingerprint density at radius 1 is 1.23 bits per heavy atom. The number of amides is 1. The smallest absolute Gasteiger partial charge is 0.278 e. The molecule has 6 heteroatoms. The van der Waals surface area contributed by atoms with Crippen molar-refractivity contribution in [1.82, 2.24) is 5.16 Å². The number of aromatic nitrogens is 1. The zero-order chi connectivity index (χ0) is 18.5. The molecule has 26 heavy (non-hydrogen) atoms. The van der Waals surface area contributed by atoms with Crippen LogP contribution in [0.15, 0.2) is 53.1 Å². The van der Waals surface area contributed by atoms with Gasteiger partial charge in [0.05, 0.1) is 5.56 Å².